The lowest BCUT2D eigenvalue weighted by Crippen LogP contribution is -2.33. The molecule has 0 unspecified atom stereocenters. The first kappa shape index (κ1) is 21.1. The van der Waals surface area contributed by atoms with Gasteiger partial charge in [0.05, 0.1) is 26.0 Å². The number of hydrazone groups is 1. The van der Waals surface area contributed by atoms with Crippen LogP contribution >= 0.6 is 15.9 Å². The van der Waals surface area contributed by atoms with Crippen LogP contribution in [-0.2, 0) is 0 Å². The van der Waals surface area contributed by atoms with Crippen LogP contribution < -0.4 is 14.2 Å². The second-order valence-electron chi connectivity index (χ2n) is 8.48. The third kappa shape index (κ3) is 3.49. The Labute approximate surface area is 206 Å². The van der Waals surface area contributed by atoms with Crippen LogP contribution in [0.1, 0.15) is 35.4 Å². The molecule has 4 aromatic rings. The summed E-state index contributed by atoms with van der Waals surface area (Å²) in [5.74, 6) is 2.23. The first-order chi connectivity index (χ1) is 16.6. The molecule has 0 fully saturated rings. The molecule has 0 aromatic heterocycles. The number of benzene rings is 4. The van der Waals surface area contributed by atoms with Crippen LogP contribution in [0, 0.1) is 0 Å². The topological polar surface area (TPSA) is 43.3 Å². The van der Waals surface area contributed by atoms with Crippen molar-refractivity contribution in [2.45, 2.75) is 18.7 Å². The van der Waals surface area contributed by atoms with E-state index < -0.39 is 0 Å². The minimum absolute atomic E-state index is 0.0702. The standard InChI is InChI=1S/C28H23BrN2O3/c1-32-26-11-9-20(14-27(26)33-2)28-31-24(22-15-21(29)10-12-25(22)34-28)16-23(30-31)19-8-7-17-5-3-4-6-18(17)13-19/h3-15,24,28H,16H2,1-2H3/t24-,28+/m0/s1. The summed E-state index contributed by atoms with van der Waals surface area (Å²) in [5, 5.41) is 9.63. The van der Waals surface area contributed by atoms with Crippen LogP contribution in [0.15, 0.2) is 88.4 Å². The van der Waals surface area contributed by atoms with Gasteiger partial charge in [-0.2, -0.15) is 5.10 Å². The van der Waals surface area contributed by atoms with Crippen molar-refractivity contribution in [3.63, 3.8) is 0 Å². The summed E-state index contributed by atoms with van der Waals surface area (Å²) in [6, 6.07) is 27.1. The molecule has 0 N–H and O–H groups in total. The molecule has 5 nitrogen and oxygen atoms in total. The van der Waals surface area contributed by atoms with Crippen molar-refractivity contribution in [3.8, 4) is 17.2 Å². The lowest BCUT2D eigenvalue weighted by Gasteiger charge is -2.38. The molecule has 2 atom stereocenters. The van der Waals surface area contributed by atoms with E-state index in [-0.39, 0.29) is 12.3 Å². The second-order valence-corrected chi connectivity index (χ2v) is 9.39. The predicted molar refractivity (Wildman–Crippen MR) is 137 cm³/mol. The Balaban J connectivity index is 1.45. The minimum Gasteiger partial charge on any atom is -0.493 e. The fraction of sp³-hybridized carbons (Fsp3) is 0.179. The fourth-order valence-corrected chi connectivity index (χ4v) is 5.21. The Hall–Kier alpha value is -3.51. The summed E-state index contributed by atoms with van der Waals surface area (Å²) in [5.41, 5.74) is 4.28. The van der Waals surface area contributed by atoms with Gasteiger partial charge in [-0.25, -0.2) is 5.01 Å². The average Bonchev–Trinajstić information content (AvgIpc) is 3.33. The number of hydrogen-bond acceptors (Lipinski definition) is 5. The molecule has 0 spiro atoms. The quantitative estimate of drug-likeness (QED) is 0.298. The molecule has 0 aliphatic carbocycles. The molecule has 6 heteroatoms. The van der Waals surface area contributed by atoms with Crippen LogP contribution in [0.4, 0.5) is 0 Å². The van der Waals surface area contributed by atoms with Crippen molar-refractivity contribution in [1.29, 1.82) is 0 Å². The highest BCUT2D eigenvalue weighted by Gasteiger charge is 2.41. The Morgan fingerprint density at radius 1 is 0.882 bits per heavy atom. The maximum atomic E-state index is 6.52. The monoisotopic (exact) mass is 514 g/mol. The highest BCUT2D eigenvalue weighted by Crippen LogP contribution is 2.49. The van der Waals surface area contributed by atoms with Gasteiger partial charge in [-0.1, -0.05) is 52.3 Å². The Morgan fingerprint density at radius 3 is 2.53 bits per heavy atom. The summed E-state index contributed by atoms with van der Waals surface area (Å²) in [6.45, 7) is 0. The molecule has 34 heavy (non-hydrogen) atoms. The molecule has 0 amide bonds. The zero-order valence-electron chi connectivity index (χ0n) is 18.9. The number of hydrogen-bond donors (Lipinski definition) is 0. The number of methoxy groups -OCH3 is 2. The first-order valence-electron chi connectivity index (χ1n) is 11.2. The maximum absolute atomic E-state index is 6.52. The zero-order chi connectivity index (χ0) is 23.2. The van der Waals surface area contributed by atoms with Gasteiger partial charge in [0, 0.05) is 22.0 Å². The predicted octanol–water partition coefficient (Wildman–Crippen LogP) is 6.86. The van der Waals surface area contributed by atoms with Gasteiger partial charge in [-0.05, 0) is 58.8 Å². The number of fused-ring (bicyclic) bond motifs is 4. The van der Waals surface area contributed by atoms with E-state index in [9.17, 15) is 0 Å². The van der Waals surface area contributed by atoms with E-state index in [0.717, 1.165) is 39.0 Å². The SMILES string of the molecule is COc1ccc([C@H]2Oc3ccc(Br)cc3[C@@H]3CC(c4ccc5ccccc5c4)=NN23)cc1OC. The molecule has 2 aliphatic rings. The lowest BCUT2D eigenvalue weighted by atomic mass is 9.95. The van der Waals surface area contributed by atoms with Crippen molar-refractivity contribution in [2.75, 3.05) is 14.2 Å². The van der Waals surface area contributed by atoms with E-state index in [1.165, 1.54) is 10.8 Å². The van der Waals surface area contributed by atoms with Crippen molar-refractivity contribution < 1.29 is 14.2 Å². The molecule has 0 bridgehead atoms. The number of rotatable bonds is 4. The van der Waals surface area contributed by atoms with Gasteiger partial charge in [-0.3, -0.25) is 0 Å². The van der Waals surface area contributed by atoms with Crippen molar-refractivity contribution >= 4 is 32.4 Å². The summed E-state index contributed by atoms with van der Waals surface area (Å²) in [4.78, 5) is 0. The summed E-state index contributed by atoms with van der Waals surface area (Å²) < 4.78 is 18.5. The smallest absolute Gasteiger partial charge is 0.214 e. The lowest BCUT2D eigenvalue weighted by molar-refractivity contribution is -0.0192. The normalized spacial score (nSPS) is 18.7. The third-order valence-electron chi connectivity index (χ3n) is 6.53. The van der Waals surface area contributed by atoms with Crippen molar-refractivity contribution in [1.82, 2.24) is 5.01 Å². The zero-order valence-corrected chi connectivity index (χ0v) is 20.5. The fourth-order valence-electron chi connectivity index (χ4n) is 4.83. The van der Waals surface area contributed by atoms with Gasteiger partial charge in [0.15, 0.2) is 11.5 Å². The Morgan fingerprint density at radius 2 is 1.71 bits per heavy atom. The van der Waals surface area contributed by atoms with Crippen LogP contribution in [-0.4, -0.2) is 24.9 Å². The van der Waals surface area contributed by atoms with E-state index >= 15 is 0 Å². The van der Waals surface area contributed by atoms with E-state index in [0.29, 0.717) is 11.5 Å². The van der Waals surface area contributed by atoms with Crippen molar-refractivity contribution in [2.24, 2.45) is 5.10 Å². The molecule has 0 saturated heterocycles. The summed E-state index contributed by atoms with van der Waals surface area (Å²) in [7, 11) is 3.28. The van der Waals surface area contributed by atoms with Crippen LogP contribution in [0.5, 0.6) is 17.2 Å². The van der Waals surface area contributed by atoms with Gasteiger partial charge in [-0.15, -0.1) is 0 Å². The van der Waals surface area contributed by atoms with Crippen LogP contribution in [0.3, 0.4) is 0 Å². The van der Waals surface area contributed by atoms with Crippen LogP contribution in [0.2, 0.25) is 0 Å². The van der Waals surface area contributed by atoms with E-state index in [1.807, 2.05) is 30.3 Å². The van der Waals surface area contributed by atoms with Gasteiger partial charge >= 0.3 is 0 Å². The molecule has 4 aromatic carbocycles. The Bertz CT molecular complexity index is 1430. The molecule has 0 saturated carbocycles. The van der Waals surface area contributed by atoms with E-state index in [1.54, 1.807) is 14.2 Å². The van der Waals surface area contributed by atoms with E-state index in [4.69, 9.17) is 19.3 Å². The average molecular weight is 515 g/mol. The van der Waals surface area contributed by atoms with Gasteiger partial charge in [0.1, 0.15) is 5.75 Å². The number of nitrogens with zero attached hydrogens (tertiary/aromatic N) is 2. The summed E-state index contributed by atoms with van der Waals surface area (Å²) >= 11 is 3.63. The van der Waals surface area contributed by atoms with Gasteiger partial charge in [0.25, 0.3) is 0 Å². The summed E-state index contributed by atoms with van der Waals surface area (Å²) in [6.07, 6.45) is 0.422. The van der Waals surface area contributed by atoms with Gasteiger partial charge < -0.3 is 14.2 Å². The van der Waals surface area contributed by atoms with E-state index in [2.05, 4.69) is 69.5 Å². The highest BCUT2D eigenvalue weighted by molar-refractivity contribution is 9.10. The Kier molecular flexibility index (Phi) is 5.18. The molecule has 2 heterocycles. The molecular formula is C28H23BrN2O3. The number of halogens is 1. The van der Waals surface area contributed by atoms with Crippen LogP contribution in [0.25, 0.3) is 10.8 Å². The first-order valence-corrected chi connectivity index (χ1v) is 12.0. The highest BCUT2D eigenvalue weighted by atomic mass is 79.9. The molecule has 0 radical (unpaired) electrons. The van der Waals surface area contributed by atoms with Gasteiger partial charge in [0.2, 0.25) is 6.23 Å². The number of ether oxygens (including phenoxy) is 3. The molecular weight excluding hydrogens is 492 g/mol. The third-order valence-corrected chi connectivity index (χ3v) is 7.02. The largest absolute Gasteiger partial charge is 0.493 e. The second kappa shape index (κ2) is 8.37. The minimum atomic E-state index is -0.378. The maximum Gasteiger partial charge on any atom is 0.214 e. The molecule has 170 valence electrons. The molecule has 2 aliphatic heterocycles. The molecule has 6 rings (SSSR count). The van der Waals surface area contributed by atoms with Crippen molar-refractivity contribution in [3.05, 3.63) is 100 Å².